The molecule has 2 fully saturated rings. The highest BCUT2D eigenvalue weighted by Crippen LogP contribution is 2.41. The van der Waals surface area contributed by atoms with Gasteiger partial charge in [0.2, 0.25) is 0 Å². The van der Waals surface area contributed by atoms with Crippen molar-refractivity contribution < 1.29 is 0 Å². The van der Waals surface area contributed by atoms with Crippen LogP contribution in [-0.2, 0) is 6.42 Å². The molecule has 1 unspecified atom stereocenters. The number of fused-ring (bicyclic) bond motifs is 1. The van der Waals surface area contributed by atoms with E-state index in [0.717, 1.165) is 12.8 Å². The predicted molar refractivity (Wildman–Crippen MR) is 135 cm³/mol. The Morgan fingerprint density at radius 3 is 2.38 bits per heavy atom. The highest BCUT2D eigenvalue weighted by molar-refractivity contribution is 6.00. The van der Waals surface area contributed by atoms with Gasteiger partial charge in [-0.2, -0.15) is 0 Å². The van der Waals surface area contributed by atoms with Crippen molar-refractivity contribution in [1.29, 1.82) is 0 Å². The molecule has 1 spiro atoms. The third-order valence-electron chi connectivity index (χ3n) is 7.88. The molecule has 0 bridgehead atoms. The minimum absolute atomic E-state index is 0.502. The van der Waals surface area contributed by atoms with E-state index in [0.29, 0.717) is 5.41 Å². The van der Waals surface area contributed by atoms with E-state index in [1.54, 1.807) is 0 Å². The standard InChI is InChI=1S/C30H32N2/c1-2-7-23(8-3-1)28-12-6-10-24-9-4-5-11-27(24)29(28)25-13-15-26(16-14-25)32-20-18-30(22-32)17-19-31-21-30/h1-5,7-9,11,13-16,31H,6,10,12,17-22H2. The van der Waals surface area contributed by atoms with Gasteiger partial charge in [-0.05, 0) is 84.2 Å². The fourth-order valence-electron chi connectivity index (χ4n) is 6.12. The van der Waals surface area contributed by atoms with Crippen LogP contribution < -0.4 is 10.2 Å². The van der Waals surface area contributed by atoms with Crippen molar-refractivity contribution in [2.45, 2.75) is 32.1 Å². The van der Waals surface area contributed by atoms with Crippen molar-refractivity contribution in [2.75, 3.05) is 31.1 Å². The molecule has 1 atom stereocenters. The van der Waals surface area contributed by atoms with Crippen LogP contribution >= 0.6 is 0 Å². The monoisotopic (exact) mass is 420 g/mol. The fourth-order valence-corrected chi connectivity index (χ4v) is 6.12. The second-order valence-electron chi connectivity index (χ2n) is 9.88. The molecule has 6 rings (SSSR count). The van der Waals surface area contributed by atoms with Gasteiger partial charge in [-0.25, -0.2) is 0 Å². The molecule has 1 aliphatic carbocycles. The van der Waals surface area contributed by atoms with Crippen molar-refractivity contribution in [2.24, 2.45) is 5.41 Å². The number of hydrogen-bond acceptors (Lipinski definition) is 2. The summed E-state index contributed by atoms with van der Waals surface area (Å²) in [5, 5.41) is 3.58. The molecule has 0 saturated carbocycles. The van der Waals surface area contributed by atoms with Crippen LogP contribution in [-0.4, -0.2) is 26.2 Å². The largest absolute Gasteiger partial charge is 0.371 e. The van der Waals surface area contributed by atoms with E-state index in [4.69, 9.17) is 0 Å². The lowest BCUT2D eigenvalue weighted by molar-refractivity contribution is 0.369. The Morgan fingerprint density at radius 2 is 1.56 bits per heavy atom. The second-order valence-corrected chi connectivity index (χ2v) is 9.88. The Labute approximate surface area is 192 Å². The Morgan fingerprint density at radius 1 is 0.750 bits per heavy atom. The maximum absolute atomic E-state index is 3.58. The van der Waals surface area contributed by atoms with Gasteiger partial charge in [0.25, 0.3) is 0 Å². The summed E-state index contributed by atoms with van der Waals surface area (Å²) in [5.74, 6) is 0. The normalized spacial score (nSPS) is 22.9. The maximum Gasteiger partial charge on any atom is 0.0366 e. The number of benzene rings is 3. The van der Waals surface area contributed by atoms with Gasteiger partial charge in [-0.3, -0.25) is 0 Å². The van der Waals surface area contributed by atoms with E-state index in [-0.39, 0.29) is 0 Å². The van der Waals surface area contributed by atoms with Crippen LogP contribution in [0.25, 0.3) is 11.1 Å². The summed E-state index contributed by atoms with van der Waals surface area (Å²) in [4.78, 5) is 2.60. The van der Waals surface area contributed by atoms with E-state index in [1.807, 2.05) is 0 Å². The van der Waals surface area contributed by atoms with Crippen molar-refractivity contribution in [3.63, 3.8) is 0 Å². The van der Waals surface area contributed by atoms with Crippen molar-refractivity contribution in [3.05, 3.63) is 101 Å². The number of nitrogens with zero attached hydrogens (tertiary/aromatic N) is 1. The average Bonchev–Trinajstić information content (AvgIpc) is 3.44. The lowest BCUT2D eigenvalue weighted by Gasteiger charge is -2.24. The van der Waals surface area contributed by atoms with Gasteiger partial charge in [-0.15, -0.1) is 0 Å². The van der Waals surface area contributed by atoms with Gasteiger partial charge < -0.3 is 10.2 Å². The Hall–Kier alpha value is -2.84. The molecule has 2 heterocycles. The molecule has 3 aliphatic rings. The molecular weight excluding hydrogens is 388 g/mol. The summed E-state index contributed by atoms with van der Waals surface area (Å²) in [6.45, 7) is 4.75. The minimum Gasteiger partial charge on any atom is -0.371 e. The molecular formula is C30H32N2. The number of anilines is 1. The summed E-state index contributed by atoms with van der Waals surface area (Å²) in [6.07, 6.45) is 6.12. The van der Waals surface area contributed by atoms with E-state index < -0.39 is 0 Å². The maximum atomic E-state index is 3.58. The molecule has 162 valence electrons. The highest BCUT2D eigenvalue weighted by atomic mass is 15.2. The van der Waals surface area contributed by atoms with Crippen molar-refractivity contribution in [3.8, 4) is 0 Å². The summed E-state index contributed by atoms with van der Waals surface area (Å²) < 4.78 is 0. The van der Waals surface area contributed by atoms with Gasteiger partial charge in [0.1, 0.15) is 0 Å². The molecule has 2 aliphatic heterocycles. The zero-order valence-corrected chi connectivity index (χ0v) is 18.8. The second kappa shape index (κ2) is 8.26. The number of aryl methyl sites for hydroxylation is 1. The molecule has 1 N–H and O–H groups in total. The number of hydrogen-bond donors (Lipinski definition) is 1. The number of rotatable bonds is 3. The molecule has 32 heavy (non-hydrogen) atoms. The van der Waals surface area contributed by atoms with Gasteiger partial charge in [0.15, 0.2) is 0 Å². The molecule has 2 heteroatoms. The Balaban J connectivity index is 1.40. The fraction of sp³-hybridized carbons (Fsp3) is 0.333. The van der Waals surface area contributed by atoms with Crippen molar-refractivity contribution >= 4 is 16.8 Å². The Bertz CT molecular complexity index is 1120. The predicted octanol–water partition coefficient (Wildman–Crippen LogP) is 6.17. The smallest absolute Gasteiger partial charge is 0.0366 e. The Kier molecular flexibility index (Phi) is 5.11. The number of nitrogens with one attached hydrogen (secondary N) is 1. The lowest BCUT2D eigenvalue weighted by Crippen LogP contribution is -2.29. The van der Waals surface area contributed by atoms with Crippen LogP contribution in [0.4, 0.5) is 5.69 Å². The highest BCUT2D eigenvalue weighted by Gasteiger charge is 2.40. The van der Waals surface area contributed by atoms with Crippen LogP contribution in [0.2, 0.25) is 0 Å². The SMILES string of the molecule is c1ccc(C2=C(c3ccc(N4CCC5(CCNC5)C4)cc3)c3ccccc3CCC2)cc1. The van der Waals surface area contributed by atoms with Crippen LogP contribution in [0.5, 0.6) is 0 Å². The quantitative estimate of drug-likeness (QED) is 0.545. The molecule has 0 radical (unpaired) electrons. The summed E-state index contributed by atoms with van der Waals surface area (Å²) >= 11 is 0. The molecule has 2 nitrogen and oxygen atoms in total. The molecule has 3 aromatic carbocycles. The topological polar surface area (TPSA) is 15.3 Å². The molecule has 2 saturated heterocycles. The average molecular weight is 421 g/mol. The molecule has 0 amide bonds. The molecule has 0 aromatic heterocycles. The van der Waals surface area contributed by atoms with E-state index in [1.165, 1.54) is 84.5 Å². The van der Waals surface area contributed by atoms with Crippen molar-refractivity contribution in [1.82, 2.24) is 5.32 Å². The number of allylic oxidation sites excluding steroid dienone is 1. The lowest BCUT2D eigenvalue weighted by atomic mass is 9.86. The molecule has 3 aromatic rings. The summed E-state index contributed by atoms with van der Waals surface area (Å²) in [6, 6.07) is 29.5. The van der Waals surface area contributed by atoms with Gasteiger partial charge in [0.05, 0.1) is 0 Å². The summed E-state index contributed by atoms with van der Waals surface area (Å²) in [5.41, 5.74) is 10.4. The van der Waals surface area contributed by atoms with Crippen LogP contribution in [0, 0.1) is 5.41 Å². The van der Waals surface area contributed by atoms with E-state index in [2.05, 4.69) is 89.1 Å². The van der Waals surface area contributed by atoms with Crippen LogP contribution in [0.15, 0.2) is 78.9 Å². The third-order valence-corrected chi connectivity index (χ3v) is 7.88. The van der Waals surface area contributed by atoms with Gasteiger partial charge in [0, 0.05) is 30.7 Å². The third kappa shape index (κ3) is 3.57. The zero-order chi connectivity index (χ0) is 21.4. The zero-order valence-electron chi connectivity index (χ0n) is 18.8. The first kappa shape index (κ1) is 19.8. The first-order chi connectivity index (χ1) is 15.8. The van der Waals surface area contributed by atoms with Gasteiger partial charge >= 0.3 is 0 Å². The van der Waals surface area contributed by atoms with Crippen LogP contribution in [0.1, 0.15) is 47.9 Å². The van der Waals surface area contributed by atoms with Gasteiger partial charge in [-0.1, -0.05) is 66.7 Å². The minimum atomic E-state index is 0.502. The van der Waals surface area contributed by atoms with Crippen LogP contribution in [0.3, 0.4) is 0 Å². The van der Waals surface area contributed by atoms with E-state index >= 15 is 0 Å². The first-order valence-electron chi connectivity index (χ1n) is 12.2. The summed E-state index contributed by atoms with van der Waals surface area (Å²) in [7, 11) is 0. The first-order valence-corrected chi connectivity index (χ1v) is 12.2. The van der Waals surface area contributed by atoms with E-state index in [9.17, 15) is 0 Å².